The Morgan fingerprint density at radius 1 is 1.00 bits per heavy atom. The van der Waals surface area contributed by atoms with Crippen molar-refractivity contribution in [1.29, 1.82) is 0 Å². The fourth-order valence-corrected chi connectivity index (χ4v) is 3.57. The monoisotopic (exact) mass is 287 g/mol. The number of nitrogens with zero attached hydrogens (tertiary/aromatic N) is 2. The van der Waals surface area contributed by atoms with E-state index in [1.807, 2.05) is 0 Å². The minimum absolute atomic E-state index is 1.15. The van der Waals surface area contributed by atoms with E-state index in [1.165, 1.54) is 69.7 Å². The molecule has 0 amide bonds. The lowest BCUT2D eigenvalue weighted by Crippen LogP contribution is -2.44. The molecule has 0 radical (unpaired) electrons. The fourth-order valence-electron chi connectivity index (χ4n) is 3.57. The first-order valence-corrected chi connectivity index (χ1v) is 8.60. The zero-order valence-electron chi connectivity index (χ0n) is 13.4. The molecule has 3 heteroatoms. The zero-order valence-corrected chi connectivity index (χ0v) is 13.4. The highest BCUT2D eigenvalue weighted by Gasteiger charge is 2.16. The molecule has 1 aromatic carbocycles. The van der Waals surface area contributed by atoms with Gasteiger partial charge >= 0.3 is 0 Å². The Morgan fingerprint density at radius 2 is 1.76 bits per heavy atom. The van der Waals surface area contributed by atoms with Gasteiger partial charge in [-0.2, -0.15) is 0 Å². The van der Waals surface area contributed by atoms with Crippen LogP contribution in [0, 0.1) is 6.92 Å². The summed E-state index contributed by atoms with van der Waals surface area (Å²) in [6.45, 7) is 10.6. The topological polar surface area (TPSA) is 18.5 Å². The second-order valence-electron chi connectivity index (χ2n) is 6.52. The second kappa shape index (κ2) is 7.28. The Morgan fingerprint density at radius 3 is 2.52 bits per heavy atom. The third-order valence-corrected chi connectivity index (χ3v) is 4.84. The SMILES string of the molecule is Cc1ccc(N2CCCCC2)c(CCN2CCNCC2)c1. The van der Waals surface area contributed by atoms with Crippen LogP contribution in [0.15, 0.2) is 18.2 Å². The van der Waals surface area contributed by atoms with Gasteiger partial charge in [0.1, 0.15) is 0 Å². The number of hydrogen-bond acceptors (Lipinski definition) is 3. The van der Waals surface area contributed by atoms with Gasteiger partial charge in [0, 0.05) is 51.5 Å². The fraction of sp³-hybridized carbons (Fsp3) is 0.667. The van der Waals surface area contributed by atoms with Gasteiger partial charge in [-0.25, -0.2) is 0 Å². The van der Waals surface area contributed by atoms with E-state index in [1.54, 1.807) is 5.56 Å². The number of benzene rings is 1. The molecule has 0 saturated carbocycles. The molecule has 3 rings (SSSR count). The van der Waals surface area contributed by atoms with Crippen LogP contribution in [0.2, 0.25) is 0 Å². The quantitative estimate of drug-likeness (QED) is 0.917. The van der Waals surface area contributed by atoms with Crippen molar-refractivity contribution in [3.63, 3.8) is 0 Å². The summed E-state index contributed by atoms with van der Waals surface area (Å²) in [5.41, 5.74) is 4.44. The van der Waals surface area contributed by atoms with Gasteiger partial charge in [0.15, 0.2) is 0 Å². The van der Waals surface area contributed by atoms with E-state index in [0.29, 0.717) is 0 Å². The summed E-state index contributed by atoms with van der Waals surface area (Å²) in [5.74, 6) is 0. The molecule has 2 heterocycles. The Balaban J connectivity index is 1.68. The molecule has 21 heavy (non-hydrogen) atoms. The standard InChI is InChI=1S/C18H29N3/c1-16-5-6-18(21-10-3-2-4-11-21)17(15-16)7-12-20-13-8-19-9-14-20/h5-6,15,19H,2-4,7-14H2,1H3. The molecule has 0 bridgehead atoms. The van der Waals surface area contributed by atoms with Crippen molar-refractivity contribution in [2.45, 2.75) is 32.6 Å². The Hall–Kier alpha value is -1.06. The molecule has 0 aliphatic carbocycles. The first-order chi connectivity index (χ1) is 10.3. The molecule has 0 atom stereocenters. The number of aryl methyl sites for hydroxylation is 1. The summed E-state index contributed by atoms with van der Waals surface area (Å²) in [4.78, 5) is 5.20. The zero-order chi connectivity index (χ0) is 14.5. The van der Waals surface area contributed by atoms with Crippen molar-refractivity contribution >= 4 is 5.69 Å². The molecule has 3 nitrogen and oxygen atoms in total. The van der Waals surface area contributed by atoms with E-state index in [-0.39, 0.29) is 0 Å². The highest BCUT2D eigenvalue weighted by molar-refractivity contribution is 5.55. The lowest BCUT2D eigenvalue weighted by Gasteiger charge is -2.32. The predicted molar refractivity (Wildman–Crippen MR) is 90.3 cm³/mol. The van der Waals surface area contributed by atoms with E-state index >= 15 is 0 Å². The first kappa shape index (κ1) is 14.9. The summed E-state index contributed by atoms with van der Waals surface area (Å²) < 4.78 is 0. The average molecular weight is 287 g/mol. The van der Waals surface area contributed by atoms with Crippen molar-refractivity contribution < 1.29 is 0 Å². The van der Waals surface area contributed by atoms with Crippen LogP contribution in [0.1, 0.15) is 30.4 Å². The van der Waals surface area contributed by atoms with E-state index in [4.69, 9.17) is 0 Å². The second-order valence-corrected chi connectivity index (χ2v) is 6.52. The summed E-state index contributed by atoms with van der Waals surface area (Å²) in [7, 11) is 0. The number of hydrogen-bond donors (Lipinski definition) is 1. The van der Waals surface area contributed by atoms with Crippen molar-refractivity contribution in [2.75, 3.05) is 50.7 Å². The van der Waals surface area contributed by atoms with E-state index in [9.17, 15) is 0 Å². The maximum absolute atomic E-state index is 3.44. The number of piperazine rings is 1. The minimum atomic E-state index is 1.15. The average Bonchev–Trinajstić information content (AvgIpc) is 2.55. The maximum Gasteiger partial charge on any atom is 0.0399 e. The smallest absolute Gasteiger partial charge is 0.0399 e. The van der Waals surface area contributed by atoms with Gasteiger partial charge in [-0.15, -0.1) is 0 Å². The van der Waals surface area contributed by atoms with Crippen LogP contribution in [0.3, 0.4) is 0 Å². The molecule has 0 aromatic heterocycles. The normalized spacial score (nSPS) is 20.7. The van der Waals surface area contributed by atoms with Gasteiger partial charge in [-0.1, -0.05) is 17.7 Å². The summed E-state index contributed by atoms with van der Waals surface area (Å²) in [5, 5.41) is 3.44. The lowest BCUT2D eigenvalue weighted by atomic mass is 10.0. The number of nitrogens with one attached hydrogen (secondary N) is 1. The lowest BCUT2D eigenvalue weighted by molar-refractivity contribution is 0.244. The molecule has 1 aromatic rings. The molecule has 0 unspecified atom stereocenters. The summed E-state index contributed by atoms with van der Waals surface area (Å²) in [6, 6.07) is 7.04. The third-order valence-electron chi connectivity index (χ3n) is 4.84. The van der Waals surface area contributed by atoms with Gasteiger partial charge in [0.2, 0.25) is 0 Å². The van der Waals surface area contributed by atoms with Gasteiger partial charge in [-0.05, 0) is 44.2 Å². The molecule has 2 aliphatic heterocycles. The van der Waals surface area contributed by atoms with Crippen molar-refractivity contribution in [2.24, 2.45) is 0 Å². The molecule has 2 fully saturated rings. The van der Waals surface area contributed by atoms with Crippen LogP contribution in [0.25, 0.3) is 0 Å². The van der Waals surface area contributed by atoms with Crippen molar-refractivity contribution in [1.82, 2.24) is 10.2 Å². The van der Waals surface area contributed by atoms with E-state index in [2.05, 4.69) is 40.2 Å². The van der Waals surface area contributed by atoms with Crippen LogP contribution in [-0.4, -0.2) is 50.7 Å². The maximum atomic E-state index is 3.44. The molecule has 116 valence electrons. The van der Waals surface area contributed by atoms with Gasteiger partial charge < -0.3 is 15.1 Å². The van der Waals surface area contributed by atoms with Gasteiger partial charge in [-0.3, -0.25) is 0 Å². The molecule has 2 saturated heterocycles. The Labute approximate surface area is 129 Å². The van der Waals surface area contributed by atoms with Crippen molar-refractivity contribution in [3.05, 3.63) is 29.3 Å². The largest absolute Gasteiger partial charge is 0.371 e. The number of anilines is 1. The molecular formula is C18H29N3. The molecule has 2 aliphatic rings. The highest BCUT2D eigenvalue weighted by atomic mass is 15.2. The summed E-state index contributed by atoms with van der Waals surface area (Å²) >= 11 is 0. The first-order valence-electron chi connectivity index (χ1n) is 8.60. The van der Waals surface area contributed by atoms with Crippen LogP contribution in [-0.2, 0) is 6.42 Å². The van der Waals surface area contributed by atoms with E-state index in [0.717, 1.165) is 13.1 Å². The highest BCUT2D eigenvalue weighted by Crippen LogP contribution is 2.26. The Bertz CT molecular complexity index is 446. The number of rotatable bonds is 4. The molecular weight excluding hydrogens is 258 g/mol. The van der Waals surface area contributed by atoms with Crippen molar-refractivity contribution in [3.8, 4) is 0 Å². The Kier molecular flexibility index (Phi) is 5.15. The predicted octanol–water partition coefficient (Wildman–Crippen LogP) is 2.43. The van der Waals surface area contributed by atoms with Gasteiger partial charge in [0.25, 0.3) is 0 Å². The van der Waals surface area contributed by atoms with Crippen LogP contribution in [0.4, 0.5) is 5.69 Å². The van der Waals surface area contributed by atoms with E-state index < -0.39 is 0 Å². The minimum Gasteiger partial charge on any atom is -0.371 e. The van der Waals surface area contributed by atoms with Crippen LogP contribution >= 0.6 is 0 Å². The number of piperidine rings is 1. The molecule has 1 N–H and O–H groups in total. The van der Waals surface area contributed by atoms with Crippen LogP contribution in [0.5, 0.6) is 0 Å². The van der Waals surface area contributed by atoms with Crippen LogP contribution < -0.4 is 10.2 Å². The van der Waals surface area contributed by atoms with Gasteiger partial charge in [0.05, 0.1) is 0 Å². The third kappa shape index (κ3) is 3.98. The molecule has 0 spiro atoms. The summed E-state index contributed by atoms with van der Waals surface area (Å²) in [6.07, 6.45) is 5.29.